The number of hydrogen-bond donors (Lipinski definition) is 2. The maximum atomic E-state index is 12.6. The monoisotopic (exact) mass is 374 g/mol. The first-order valence-electron chi connectivity index (χ1n) is 9.74. The Labute approximate surface area is 160 Å². The largest absolute Gasteiger partial charge is 0.367 e. The highest BCUT2D eigenvalue weighted by Crippen LogP contribution is 2.15. The number of carbonyl (C=O) groups is 2. The fourth-order valence-electron chi connectivity index (χ4n) is 3.76. The molecule has 2 aliphatic heterocycles. The van der Waals surface area contributed by atoms with Crippen LogP contribution >= 0.6 is 0 Å². The molecule has 148 valence electrons. The van der Waals surface area contributed by atoms with Gasteiger partial charge in [-0.3, -0.25) is 19.4 Å². The minimum absolute atomic E-state index is 0.0154. The molecule has 0 radical (unpaired) electrons. The summed E-state index contributed by atoms with van der Waals surface area (Å²) in [5.41, 5.74) is 6.65. The van der Waals surface area contributed by atoms with Crippen LogP contribution in [0.15, 0.2) is 30.3 Å². The molecule has 3 N–H and O–H groups in total. The smallest absolute Gasteiger partial charge is 0.247 e. The maximum Gasteiger partial charge on any atom is 0.247 e. The van der Waals surface area contributed by atoms with E-state index in [0.29, 0.717) is 19.7 Å². The van der Waals surface area contributed by atoms with E-state index in [0.717, 1.165) is 32.5 Å². The van der Waals surface area contributed by atoms with Crippen molar-refractivity contribution >= 4 is 11.8 Å². The van der Waals surface area contributed by atoms with E-state index in [-0.39, 0.29) is 18.0 Å². The van der Waals surface area contributed by atoms with Gasteiger partial charge in [-0.2, -0.15) is 0 Å². The van der Waals surface area contributed by atoms with E-state index in [4.69, 9.17) is 10.5 Å². The number of nitrogens with zero attached hydrogens (tertiary/aromatic N) is 2. The van der Waals surface area contributed by atoms with Crippen molar-refractivity contribution in [3.63, 3.8) is 0 Å². The molecule has 1 aromatic carbocycles. The van der Waals surface area contributed by atoms with Crippen molar-refractivity contribution in [1.82, 2.24) is 15.1 Å². The Bertz CT molecular complexity index is 631. The minimum Gasteiger partial charge on any atom is -0.367 e. The van der Waals surface area contributed by atoms with Gasteiger partial charge in [0, 0.05) is 38.8 Å². The van der Waals surface area contributed by atoms with Gasteiger partial charge in [0.2, 0.25) is 11.8 Å². The number of piperidine rings is 1. The Balaban J connectivity index is 1.43. The van der Waals surface area contributed by atoms with Crippen LogP contribution in [0.1, 0.15) is 25.3 Å². The van der Waals surface area contributed by atoms with Crippen LogP contribution in [-0.2, 0) is 20.9 Å². The molecule has 0 aromatic heterocycles. The van der Waals surface area contributed by atoms with Crippen LogP contribution < -0.4 is 11.1 Å². The highest BCUT2D eigenvalue weighted by molar-refractivity contribution is 5.82. The van der Waals surface area contributed by atoms with E-state index >= 15 is 0 Å². The number of benzene rings is 1. The van der Waals surface area contributed by atoms with Gasteiger partial charge in [0.05, 0.1) is 12.6 Å². The van der Waals surface area contributed by atoms with Crippen LogP contribution in [0.3, 0.4) is 0 Å². The van der Waals surface area contributed by atoms with Crippen molar-refractivity contribution in [2.45, 2.75) is 44.5 Å². The van der Waals surface area contributed by atoms with Crippen molar-refractivity contribution < 1.29 is 14.3 Å². The highest BCUT2D eigenvalue weighted by Gasteiger charge is 2.31. The fourth-order valence-corrected chi connectivity index (χ4v) is 3.76. The molecule has 1 aromatic rings. The molecule has 7 nitrogen and oxygen atoms in total. The van der Waals surface area contributed by atoms with Crippen molar-refractivity contribution in [2.24, 2.45) is 5.73 Å². The molecule has 0 bridgehead atoms. The molecule has 2 aliphatic rings. The van der Waals surface area contributed by atoms with Gasteiger partial charge < -0.3 is 15.8 Å². The fraction of sp³-hybridized carbons (Fsp3) is 0.600. The van der Waals surface area contributed by atoms with Crippen molar-refractivity contribution in [2.75, 3.05) is 32.8 Å². The van der Waals surface area contributed by atoms with Gasteiger partial charge in [-0.15, -0.1) is 0 Å². The van der Waals surface area contributed by atoms with Crippen LogP contribution in [0.4, 0.5) is 0 Å². The average molecular weight is 374 g/mol. The van der Waals surface area contributed by atoms with E-state index in [1.807, 2.05) is 17.9 Å². The Hall–Kier alpha value is -1.96. The van der Waals surface area contributed by atoms with E-state index < -0.39 is 12.0 Å². The third kappa shape index (κ3) is 5.51. The number of hydrogen-bond acceptors (Lipinski definition) is 5. The zero-order valence-electron chi connectivity index (χ0n) is 16.0. The molecule has 27 heavy (non-hydrogen) atoms. The van der Waals surface area contributed by atoms with Gasteiger partial charge in [-0.1, -0.05) is 30.3 Å². The molecule has 2 heterocycles. The van der Waals surface area contributed by atoms with Crippen LogP contribution in [-0.4, -0.2) is 72.6 Å². The molecule has 2 atom stereocenters. The Morgan fingerprint density at radius 3 is 2.59 bits per heavy atom. The van der Waals surface area contributed by atoms with Gasteiger partial charge in [-0.25, -0.2) is 0 Å². The predicted octanol–water partition coefficient (Wildman–Crippen LogP) is 0.342. The lowest BCUT2D eigenvalue weighted by Crippen LogP contribution is -2.56. The number of ether oxygens (including phenoxy) is 1. The number of nitrogens with two attached hydrogens (primary N) is 1. The van der Waals surface area contributed by atoms with E-state index in [9.17, 15) is 9.59 Å². The zero-order valence-corrected chi connectivity index (χ0v) is 16.0. The molecule has 2 fully saturated rings. The lowest BCUT2D eigenvalue weighted by molar-refractivity contribution is -0.140. The van der Waals surface area contributed by atoms with Crippen LogP contribution in [0.2, 0.25) is 0 Å². The third-order valence-corrected chi connectivity index (χ3v) is 5.53. The Morgan fingerprint density at radius 2 is 1.93 bits per heavy atom. The van der Waals surface area contributed by atoms with Crippen molar-refractivity contribution in [3.05, 3.63) is 35.9 Å². The van der Waals surface area contributed by atoms with E-state index in [1.165, 1.54) is 5.56 Å². The number of likely N-dealkylation sites (tertiary alicyclic amines) is 1. The summed E-state index contributed by atoms with van der Waals surface area (Å²) in [6.45, 7) is 6.23. The van der Waals surface area contributed by atoms with Gasteiger partial charge in [0.25, 0.3) is 0 Å². The van der Waals surface area contributed by atoms with Gasteiger partial charge in [-0.05, 0) is 25.3 Å². The summed E-state index contributed by atoms with van der Waals surface area (Å²) in [5.74, 6) is -0.459. The van der Waals surface area contributed by atoms with E-state index in [2.05, 4.69) is 34.5 Å². The van der Waals surface area contributed by atoms with E-state index in [1.54, 1.807) is 0 Å². The number of primary amides is 1. The standard InChI is InChI=1S/C20H30N4O3/c1-15(24-11-12-27-18(14-24)19(21)25)20(26)22-17-7-9-23(10-8-17)13-16-5-3-2-4-6-16/h2-6,15,17-18H,7-14H2,1H3,(H2,21,25)(H,22,26). The second-order valence-electron chi connectivity index (χ2n) is 7.48. The summed E-state index contributed by atoms with van der Waals surface area (Å²) in [5, 5.41) is 3.18. The molecule has 7 heteroatoms. The summed E-state index contributed by atoms with van der Waals surface area (Å²) >= 11 is 0. The highest BCUT2D eigenvalue weighted by atomic mass is 16.5. The van der Waals surface area contributed by atoms with Gasteiger partial charge in [0.15, 0.2) is 0 Å². The summed E-state index contributed by atoms with van der Waals surface area (Å²) in [6, 6.07) is 10.4. The predicted molar refractivity (Wildman–Crippen MR) is 103 cm³/mol. The lowest BCUT2D eigenvalue weighted by atomic mass is 10.0. The number of nitrogens with one attached hydrogen (secondary N) is 1. The third-order valence-electron chi connectivity index (χ3n) is 5.53. The SMILES string of the molecule is CC(C(=O)NC1CCN(Cc2ccccc2)CC1)N1CCOC(C(N)=O)C1. The van der Waals surface area contributed by atoms with Crippen LogP contribution in [0, 0.1) is 0 Å². The number of amides is 2. The van der Waals surface area contributed by atoms with Crippen molar-refractivity contribution in [3.8, 4) is 0 Å². The summed E-state index contributed by atoms with van der Waals surface area (Å²) < 4.78 is 5.36. The Kier molecular flexibility index (Phi) is 6.82. The molecule has 2 amide bonds. The second-order valence-corrected chi connectivity index (χ2v) is 7.48. The molecule has 0 aliphatic carbocycles. The number of rotatable bonds is 6. The Morgan fingerprint density at radius 1 is 1.22 bits per heavy atom. The number of morpholine rings is 1. The van der Waals surface area contributed by atoms with Crippen molar-refractivity contribution in [1.29, 1.82) is 0 Å². The zero-order chi connectivity index (χ0) is 19.2. The summed E-state index contributed by atoms with van der Waals surface area (Å²) in [6.07, 6.45) is 1.28. The summed E-state index contributed by atoms with van der Waals surface area (Å²) in [4.78, 5) is 28.4. The number of carbonyl (C=O) groups excluding carboxylic acids is 2. The summed E-state index contributed by atoms with van der Waals surface area (Å²) in [7, 11) is 0. The lowest BCUT2D eigenvalue weighted by Gasteiger charge is -2.37. The minimum atomic E-state index is -0.629. The average Bonchev–Trinajstić information content (AvgIpc) is 2.69. The molecule has 3 rings (SSSR count). The molecular formula is C20H30N4O3. The molecule has 2 saturated heterocycles. The molecule has 0 saturated carbocycles. The molecule has 0 spiro atoms. The van der Waals surface area contributed by atoms with Crippen LogP contribution in [0.25, 0.3) is 0 Å². The van der Waals surface area contributed by atoms with Gasteiger partial charge >= 0.3 is 0 Å². The molecular weight excluding hydrogens is 344 g/mol. The first-order valence-corrected chi connectivity index (χ1v) is 9.74. The molecule has 2 unspecified atom stereocenters. The normalized spacial score (nSPS) is 23.7. The first-order chi connectivity index (χ1) is 13.0. The maximum absolute atomic E-state index is 12.6. The van der Waals surface area contributed by atoms with Gasteiger partial charge in [0.1, 0.15) is 6.10 Å². The first kappa shape index (κ1) is 19.8. The quantitative estimate of drug-likeness (QED) is 0.750. The second kappa shape index (κ2) is 9.30. The topological polar surface area (TPSA) is 87.9 Å². The van der Waals surface area contributed by atoms with Crippen LogP contribution in [0.5, 0.6) is 0 Å².